The van der Waals surface area contributed by atoms with Crippen molar-refractivity contribution in [1.29, 1.82) is 0 Å². The molecular formula is C19H18F2N4. The minimum Gasteiger partial charge on any atom is -0.340 e. The molecule has 0 aliphatic rings. The quantitative estimate of drug-likeness (QED) is 0.688. The fourth-order valence-corrected chi connectivity index (χ4v) is 2.58. The van der Waals surface area contributed by atoms with Crippen LogP contribution in [0.3, 0.4) is 0 Å². The van der Waals surface area contributed by atoms with E-state index in [1.165, 1.54) is 18.2 Å². The number of halogens is 2. The van der Waals surface area contributed by atoms with Gasteiger partial charge in [-0.25, -0.2) is 18.7 Å². The average Bonchev–Trinajstić information content (AvgIpc) is 2.54. The largest absolute Gasteiger partial charge is 0.340 e. The lowest BCUT2D eigenvalue weighted by Gasteiger charge is -2.14. The number of anilines is 4. The molecule has 0 bridgehead atoms. The summed E-state index contributed by atoms with van der Waals surface area (Å²) in [5.41, 5.74) is 2.86. The molecule has 0 aliphatic carbocycles. The van der Waals surface area contributed by atoms with E-state index in [1.807, 2.05) is 32.0 Å². The molecule has 3 aromatic rings. The fourth-order valence-electron chi connectivity index (χ4n) is 2.58. The van der Waals surface area contributed by atoms with Gasteiger partial charge in [0, 0.05) is 11.8 Å². The number of para-hydroxylation sites is 2. The first kappa shape index (κ1) is 16.8. The molecule has 0 saturated carbocycles. The lowest BCUT2D eigenvalue weighted by molar-refractivity contribution is 0.590. The zero-order valence-electron chi connectivity index (χ0n) is 14.2. The molecule has 2 N–H and O–H groups in total. The molecule has 0 atom stereocenters. The maximum atomic E-state index is 13.8. The summed E-state index contributed by atoms with van der Waals surface area (Å²) in [6, 6.07) is 11.3. The molecule has 4 nitrogen and oxygen atoms in total. The predicted molar refractivity (Wildman–Crippen MR) is 95.6 cm³/mol. The smallest absolute Gasteiger partial charge is 0.149 e. The Morgan fingerprint density at radius 1 is 0.720 bits per heavy atom. The van der Waals surface area contributed by atoms with Crippen LogP contribution in [0.5, 0.6) is 0 Å². The van der Waals surface area contributed by atoms with Crippen LogP contribution in [0.4, 0.5) is 31.8 Å². The Morgan fingerprint density at radius 2 is 1.20 bits per heavy atom. The van der Waals surface area contributed by atoms with Gasteiger partial charge in [0.1, 0.15) is 34.8 Å². The van der Waals surface area contributed by atoms with E-state index >= 15 is 0 Å². The fraction of sp³-hybridized carbons (Fsp3) is 0.158. The summed E-state index contributed by atoms with van der Waals surface area (Å²) in [7, 11) is 0. The molecule has 25 heavy (non-hydrogen) atoms. The van der Waals surface area contributed by atoms with Crippen LogP contribution < -0.4 is 10.6 Å². The molecule has 0 radical (unpaired) electrons. The first-order valence-electron chi connectivity index (χ1n) is 7.84. The van der Waals surface area contributed by atoms with E-state index in [2.05, 4.69) is 20.6 Å². The van der Waals surface area contributed by atoms with Crippen molar-refractivity contribution in [2.45, 2.75) is 20.8 Å². The molecule has 128 valence electrons. The van der Waals surface area contributed by atoms with Gasteiger partial charge in [-0.2, -0.15) is 0 Å². The normalized spacial score (nSPS) is 10.6. The molecule has 0 saturated heterocycles. The van der Waals surface area contributed by atoms with Gasteiger partial charge >= 0.3 is 0 Å². The van der Waals surface area contributed by atoms with E-state index in [-0.39, 0.29) is 5.69 Å². The van der Waals surface area contributed by atoms with Gasteiger partial charge in [0.15, 0.2) is 0 Å². The van der Waals surface area contributed by atoms with Crippen LogP contribution in [0.2, 0.25) is 0 Å². The van der Waals surface area contributed by atoms with E-state index in [9.17, 15) is 8.78 Å². The van der Waals surface area contributed by atoms with E-state index in [0.29, 0.717) is 17.5 Å². The van der Waals surface area contributed by atoms with Crippen molar-refractivity contribution in [2.75, 3.05) is 10.6 Å². The van der Waals surface area contributed by atoms with Gasteiger partial charge in [-0.1, -0.05) is 24.3 Å². The second kappa shape index (κ2) is 6.84. The van der Waals surface area contributed by atoms with E-state index in [4.69, 9.17) is 0 Å². The first-order chi connectivity index (χ1) is 11.9. The number of benzene rings is 2. The number of nitrogens with one attached hydrogen (secondary N) is 2. The number of aromatic nitrogens is 2. The van der Waals surface area contributed by atoms with Gasteiger partial charge < -0.3 is 10.6 Å². The highest BCUT2D eigenvalue weighted by Gasteiger charge is 2.11. The SMILES string of the molecule is Cc1nc(Nc2c(C)cccc2C)cc(Nc2c(F)cccc2F)n1. The van der Waals surface area contributed by atoms with Crippen molar-refractivity contribution in [1.82, 2.24) is 9.97 Å². The third kappa shape index (κ3) is 3.74. The molecule has 6 heteroatoms. The third-order valence-corrected chi connectivity index (χ3v) is 3.79. The molecule has 1 heterocycles. The molecule has 0 unspecified atom stereocenters. The van der Waals surface area contributed by atoms with Crippen molar-refractivity contribution in [3.8, 4) is 0 Å². The van der Waals surface area contributed by atoms with Crippen molar-refractivity contribution in [2.24, 2.45) is 0 Å². The third-order valence-electron chi connectivity index (χ3n) is 3.79. The Labute approximate surface area is 145 Å². The summed E-state index contributed by atoms with van der Waals surface area (Å²) in [4.78, 5) is 8.55. The maximum absolute atomic E-state index is 13.8. The highest BCUT2D eigenvalue weighted by Crippen LogP contribution is 2.26. The van der Waals surface area contributed by atoms with Crippen LogP contribution >= 0.6 is 0 Å². The monoisotopic (exact) mass is 340 g/mol. The molecule has 2 aromatic carbocycles. The molecule has 1 aromatic heterocycles. The number of hydrogen-bond donors (Lipinski definition) is 2. The minimum absolute atomic E-state index is 0.237. The van der Waals surface area contributed by atoms with Crippen LogP contribution in [-0.2, 0) is 0 Å². The summed E-state index contributed by atoms with van der Waals surface area (Å²) in [5, 5.41) is 5.95. The number of hydrogen-bond acceptors (Lipinski definition) is 4. The Hall–Kier alpha value is -3.02. The van der Waals surface area contributed by atoms with Crippen LogP contribution in [0.25, 0.3) is 0 Å². The number of aryl methyl sites for hydroxylation is 3. The maximum Gasteiger partial charge on any atom is 0.149 e. The Morgan fingerprint density at radius 3 is 1.76 bits per heavy atom. The van der Waals surface area contributed by atoms with Gasteiger partial charge in [0.05, 0.1) is 0 Å². The molecular weight excluding hydrogens is 322 g/mol. The first-order valence-corrected chi connectivity index (χ1v) is 7.84. The van der Waals surface area contributed by atoms with Crippen molar-refractivity contribution >= 4 is 23.0 Å². The predicted octanol–water partition coefficient (Wildman–Crippen LogP) is 5.17. The molecule has 3 rings (SSSR count). The summed E-state index contributed by atoms with van der Waals surface area (Å²) in [6.45, 7) is 5.72. The second-order valence-electron chi connectivity index (χ2n) is 5.80. The topological polar surface area (TPSA) is 49.8 Å². The van der Waals surface area contributed by atoms with Gasteiger partial charge in [0.25, 0.3) is 0 Å². The zero-order valence-corrected chi connectivity index (χ0v) is 14.2. The standard InChI is InChI=1S/C19H18F2N4/c1-11-6-4-7-12(2)18(11)24-16-10-17(23-13(3)22-16)25-19-14(20)8-5-9-15(19)21/h4-10H,1-3H3,(H2,22,23,24,25). The average molecular weight is 340 g/mol. The lowest BCUT2D eigenvalue weighted by Crippen LogP contribution is -2.04. The summed E-state index contributed by atoms with van der Waals surface area (Å²) >= 11 is 0. The van der Waals surface area contributed by atoms with Crippen molar-refractivity contribution < 1.29 is 8.78 Å². The Bertz CT molecular complexity index is 813. The summed E-state index contributed by atoms with van der Waals surface area (Å²) in [5.74, 6) is -0.0223. The van der Waals surface area contributed by atoms with Crippen molar-refractivity contribution in [3.05, 3.63) is 71.1 Å². The number of nitrogens with zero attached hydrogens (tertiary/aromatic N) is 2. The van der Waals surface area contributed by atoms with Gasteiger partial charge in [-0.3, -0.25) is 0 Å². The lowest BCUT2D eigenvalue weighted by atomic mass is 10.1. The molecule has 0 spiro atoms. The van der Waals surface area contributed by atoms with Crippen molar-refractivity contribution in [3.63, 3.8) is 0 Å². The molecule has 0 fully saturated rings. The van der Waals surface area contributed by atoms with E-state index in [1.54, 1.807) is 13.0 Å². The minimum atomic E-state index is -0.680. The van der Waals surface area contributed by atoms with Gasteiger partial charge in [-0.15, -0.1) is 0 Å². The number of rotatable bonds is 4. The highest BCUT2D eigenvalue weighted by atomic mass is 19.1. The van der Waals surface area contributed by atoms with Crippen LogP contribution in [0.1, 0.15) is 17.0 Å². The van der Waals surface area contributed by atoms with E-state index in [0.717, 1.165) is 16.8 Å². The highest BCUT2D eigenvalue weighted by molar-refractivity contribution is 5.67. The van der Waals surface area contributed by atoms with Gasteiger partial charge in [-0.05, 0) is 44.0 Å². The summed E-state index contributed by atoms with van der Waals surface area (Å²) < 4.78 is 27.7. The Balaban J connectivity index is 1.93. The molecule has 0 amide bonds. The molecule has 0 aliphatic heterocycles. The van der Waals surface area contributed by atoms with Crippen LogP contribution in [0, 0.1) is 32.4 Å². The van der Waals surface area contributed by atoms with Crippen LogP contribution in [0.15, 0.2) is 42.5 Å². The zero-order chi connectivity index (χ0) is 18.0. The van der Waals surface area contributed by atoms with Crippen LogP contribution in [-0.4, -0.2) is 9.97 Å². The Kier molecular flexibility index (Phi) is 4.61. The summed E-state index contributed by atoms with van der Waals surface area (Å²) in [6.07, 6.45) is 0. The second-order valence-corrected chi connectivity index (χ2v) is 5.80. The van der Waals surface area contributed by atoms with Gasteiger partial charge in [0.2, 0.25) is 0 Å². The van der Waals surface area contributed by atoms with E-state index < -0.39 is 11.6 Å².